The Morgan fingerprint density at radius 2 is 1.93 bits per heavy atom. The van der Waals surface area contributed by atoms with E-state index in [1.807, 2.05) is 30.9 Å². The van der Waals surface area contributed by atoms with Gasteiger partial charge in [-0.1, -0.05) is 12.1 Å². The molecule has 5 heteroatoms. The molecule has 2 heterocycles. The predicted octanol–water partition coefficient (Wildman–Crippen LogP) is 3.63. The molecule has 0 aliphatic carbocycles. The van der Waals surface area contributed by atoms with Gasteiger partial charge >= 0.3 is 0 Å². The van der Waals surface area contributed by atoms with Crippen LogP contribution >= 0.6 is 0 Å². The molecule has 0 radical (unpaired) electrons. The molecule has 1 aliphatic heterocycles. The number of hydrogen-bond donors (Lipinski definition) is 0. The summed E-state index contributed by atoms with van der Waals surface area (Å²) in [5.74, 6) is 0.0245. The summed E-state index contributed by atoms with van der Waals surface area (Å²) in [5, 5.41) is 0. The fraction of sp³-hybridized carbons (Fsp3) is 0.455. The number of carbonyl (C=O) groups excluding carboxylic acids is 1. The van der Waals surface area contributed by atoms with Crippen molar-refractivity contribution in [2.45, 2.75) is 39.5 Å². The third kappa shape index (κ3) is 4.29. The van der Waals surface area contributed by atoms with E-state index in [0.717, 1.165) is 42.5 Å². The van der Waals surface area contributed by atoms with Crippen LogP contribution in [0.1, 0.15) is 46.4 Å². The van der Waals surface area contributed by atoms with E-state index >= 15 is 0 Å². The highest BCUT2D eigenvalue weighted by atomic mass is 19.1. The minimum atomic E-state index is -0.225. The Kier molecular flexibility index (Phi) is 5.78. The first kappa shape index (κ1) is 19.3. The van der Waals surface area contributed by atoms with Gasteiger partial charge < -0.3 is 9.47 Å². The Morgan fingerprint density at radius 1 is 1.22 bits per heavy atom. The first-order chi connectivity index (χ1) is 12.9. The minimum Gasteiger partial charge on any atom is -0.338 e. The monoisotopic (exact) mass is 370 g/mol. The highest BCUT2D eigenvalue weighted by Gasteiger charge is 2.26. The third-order valence-electron chi connectivity index (χ3n) is 5.76. The van der Waals surface area contributed by atoms with Gasteiger partial charge in [0.1, 0.15) is 11.4 Å². The second-order valence-electron chi connectivity index (χ2n) is 7.62. The fourth-order valence-electron chi connectivity index (χ4n) is 3.81. The van der Waals surface area contributed by atoms with Gasteiger partial charge in [-0.25, -0.2) is 4.39 Å². The smallest absolute Gasteiger partial charge is 0.263 e. The van der Waals surface area contributed by atoms with E-state index in [1.165, 1.54) is 12.1 Å². The lowest BCUT2D eigenvalue weighted by Gasteiger charge is -2.33. The van der Waals surface area contributed by atoms with E-state index in [0.29, 0.717) is 19.0 Å². The summed E-state index contributed by atoms with van der Waals surface area (Å²) in [6.45, 7) is 5.18. The van der Waals surface area contributed by atoms with Crippen molar-refractivity contribution >= 4 is 5.91 Å². The molecule has 1 unspecified atom stereocenters. The highest BCUT2D eigenvalue weighted by Crippen LogP contribution is 2.23. The van der Waals surface area contributed by atoms with Crippen LogP contribution < -0.4 is 5.56 Å². The van der Waals surface area contributed by atoms with E-state index in [-0.39, 0.29) is 22.8 Å². The molecule has 0 spiro atoms. The van der Waals surface area contributed by atoms with Crippen LogP contribution in [0.3, 0.4) is 0 Å². The molecule has 1 saturated heterocycles. The van der Waals surface area contributed by atoms with Crippen molar-refractivity contribution in [3.63, 3.8) is 0 Å². The molecule has 3 rings (SSSR count). The topological polar surface area (TPSA) is 42.3 Å². The summed E-state index contributed by atoms with van der Waals surface area (Å²) in [7, 11) is 1.71. The Balaban J connectivity index is 1.68. The van der Waals surface area contributed by atoms with E-state index in [2.05, 4.69) is 0 Å². The molecule has 0 bridgehead atoms. The van der Waals surface area contributed by atoms with Crippen molar-refractivity contribution in [3.8, 4) is 0 Å². The van der Waals surface area contributed by atoms with E-state index in [4.69, 9.17) is 0 Å². The lowest BCUT2D eigenvalue weighted by atomic mass is 9.91. The van der Waals surface area contributed by atoms with Crippen LogP contribution in [0, 0.1) is 25.6 Å². The Labute approximate surface area is 159 Å². The maximum absolute atomic E-state index is 13.0. The summed E-state index contributed by atoms with van der Waals surface area (Å²) in [4.78, 5) is 27.3. The van der Waals surface area contributed by atoms with Crippen molar-refractivity contribution in [2.24, 2.45) is 13.0 Å². The number of carbonyl (C=O) groups is 1. The van der Waals surface area contributed by atoms with Crippen LogP contribution in [0.4, 0.5) is 4.39 Å². The predicted molar refractivity (Wildman–Crippen MR) is 105 cm³/mol. The number of piperidine rings is 1. The number of pyridine rings is 1. The van der Waals surface area contributed by atoms with Crippen LogP contribution in [-0.2, 0) is 13.5 Å². The summed E-state index contributed by atoms with van der Waals surface area (Å²) in [6.07, 6.45) is 3.86. The third-order valence-corrected chi connectivity index (χ3v) is 5.76. The molecule has 4 nitrogen and oxygen atoms in total. The lowest BCUT2D eigenvalue weighted by Crippen LogP contribution is -2.42. The molecule has 1 atom stereocenters. The van der Waals surface area contributed by atoms with Gasteiger partial charge in [0.2, 0.25) is 0 Å². The molecule has 1 aromatic heterocycles. The SMILES string of the molecule is Cc1cc(C(=O)N2CCCC(CCc3ccc(F)cc3)C2)c(=O)n(C)c1C. The van der Waals surface area contributed by atoms with Gasteiger partial charge in [-0.2, -0.15) is 0 Å². The average molecular weight is 370 g/mol. The number of halogens is 1. The van der Waals surface area contributed by atoms with Crippen molar-refractivity contribution in [1.82, 2.24) is 9.47 Å². The second kappa shape index (κ2) is 8.07. The Hall–Kier alpha value is -2.43. The summed E-state index contributed by atoms with van der Waals surface area (Å²) < 4.78 is 14.6. The summed E-state index contributed by atoms with van der Waals surface area (Å²) in [5.41, 5.74) is 2.98. The number of rotatable bonds is 4. The van der Waals surface area contributed by atoms with Crippen LogP contribution in [0.5, 0.6) is 0 Å². The first-order valence-corrected chi connectivity index (χ1v) is 9.57. The molecular weight excluding hydrogens is 343 g/mol. The van der Waals surface area contributed by atoms with Gasteiger partial charge in [0, 0.05) is 25.8 Å². The molecule has 27 heavy (non-hydrogen) atoms. The number of benzene rings is 1. The molecular formula is C22H27FN2O2. The van der Waals surface area contributed by atoms with Crippen LogP contribution in [0.15, 0.2) is 35.1 Å². The minimum absolute atomic E-state index is 0.162. The maximum Gasteiger partial charge on any atom is 0.263 e. The molecule has 1 amide bonds. The van der Waals surface area contributed by atoms with Gasteiger partial charge in [0.05, 0.1) is 0 Å². The molecule has 2 aromatic rings. The van der Waals surface area contributed by atoms with Gasteiger partial charge in [-0.05, 0) is 74.8 Å². The number of likely N-dealkylation sites (tertiary alicyclic amines) is 1. The van der Waals surface area contributed by atoms with Crippen LogP contribution in [-0.4, -0.2) is 28.5 Å². The first-order valence-electron chi connectivity index (χ1n) is 9.57. The Bertz CT molecular complexity index is 886. The van der Waals surface area contributed by atoms with Gasteiger partial charge in [0.25, 0.3) is 11.5 Å². The number of aromatic nitrogens is 1. The largest absolute Gasteiger partial charge is 0.338 e. The lowest BCUT2D eigenvalue weighted by molar-refractivity contribution is 0.0666. The number of nitrogens with zero attached hydrogens (tertiary/aromatic N) is 2. The fourth-order valence-corrected chi connectivity index (χ4v) is 3.81. The van der Waals surface area contributed by atoms with Crippen molar-refractivity contribution in [2.75, 3.05) is 13.1 Å². The second-order valence-corrected chi connectivity index (χ2v) is 7.62. The summed E-state index contributed by atoms with van der Waals surface area (Å²) in [6, 6.07) is 8.34. The summed E-state index contributed by atoms with van der Waals surface area (Å²) >= 11 is 0. The highest BCUT2D eigenvalue weighted by molar-refractivity contribution is 5.94. The molecule has 0 saturated carbocycles. The van der Waals surface area contributed by atoms with Gasteiger partial charge in [-0.15, -0.1) is 0 Å². The van der Waals surface area contributed by atoms with E-state index in [1.54, 1.807) is 17.7 Å². The van der Waals surface area contributed by atoms with Gasteiger partial charge in [-0.3, -0.25) is 9.59 Å². The number of hydrogen-bond acceptors (Lipinski definition) is 2. The number of aryl methyl sites for hydroxylation is 2. The van der Waals surface area contributed by atoms with Crippen LogP contribution in [0.25, 0.3) is 0 Å². The molecule has 1 aromatic carbocycles. The van der Waals surface area contributed by atoms with Crippen molar-refractivity contribution < 1.29 is 9.18 Å². The van der Waals surface area contributed by atoms with Crippen molar-refractivity contribution in [3.05, 3.63) is 68.9 Å². The van der Waals surface area contributed by atoms with E-state index in [9.17, 15) is 14.0 Å². The molecule has 0 N–H and O–H groups in total. The van der Waals surface area contributed by atoms with Crippen molar-refractivity contribution in [1.29, 1.82) is 0 Å². The molecule has 1 aliphatic rings. The van der Waals surface area contributed by atoms with Gasteiger partial charge in [0.15, 0.2) is 0 Å². The molecule has 144 valence electrons. The number of amides is 1. The van der Waals surface area contributed by atoms with E-state index < -0.39 is 0 Å². The van der Waals surface area contributed by atoms with Crippen LogP contribution in [0.2, 0.25) is 0 Å². The standard InChI is InChI=1S/C22H27FN2O2/c1-15-13-20(21(26)24(3)16(15)2)22(27)25-12-4-5-18(14-25)7-6-17-8-10-19(23)11-9-17/h8-11,13,18H,4-7,12,14H2,1-3H3. The quantitative estimate of drug-likeness (QED) is 0.825. The average Bonchev–Trinajstić information content (AvgIpc) is 2.68. The Morgan fingerprint density at radius 3 is 2.63 bits per heavy atom. The molecule has 1 fully saturated rings. The zero-order valence-corrected chi connectivity index (χ0v) is 16.3. The normalized spacial score (nSPS) is 17.2. The zero-order chi connectivity index (χ0) is 19.6. The zero-order valence-electron chi connectivity index (χ0n) is 16.3. The maximum atomic E-state index is 13.0.